The van der Waals surface area contributed by atoms with Gasteiger partial charge in [-0.1, -0.05) is 6.92 Å². The smallest absolute Gasteiger partial charge is 0.160 e. The Hall–Kier alpha value is -0.120. The Morgan fingerprint density at radius 2 is 2.30 bits per heavy atom. The van der Waals surface area contributed by atoms with Crippen molar-refractivity contribution in [2.24, 2.45) is 5.92 Å². The maximum Gasteiger partial charge on any atom is 0.160 e. The largest absolute Gasteiger partial charge is 0.390 e. The number of aliphatic hydroxyl groups is 1. The first-order chi connectivity index (χ1) is 4.77. The molecule has 0 unspecified atom stereocenters. The van der Waals surface area contributed by atoms with Crippen molar-refractivity contribution in [3.8, 4) is 0 Å². The molecule has 0 amide bonds. The summed E-state index contributed by atoms with van der Waals surface area (Å²) in [6.07, 6.45) is 0.401. The second-order valence-electron chi connectivity index (χ2n) is 3.16. The molecule has 0 aromatic rings. The van der Waals surface area contributed by atoms with Crippen molar-refractivity contribution in [3.63, 3.8) is 0 Å². The van der Waals surface area contributed by atoms with Gasteiger partial charge in [0.1, 0.15) is 6.10 Å². The summed E-state index contributed by atoms with van der Waals surface area (Å²) in [5, 5.41) is 9.36. The van der Waals surface area contributed by atoms with Gasteiger partial charge in [0, 0.05) is 5.92 Å². The van der Waals surface area contributed by atoms with Gasteiger partial charge in [-0.2, -0.15) is 0 Å². The molecule has 2 rings (SSSR count). The Morgan fingerprint density at radius 1 is 1.50 bits per heavy atom. The number of ether oxygens (including phenoxy) is 2. The summed E-state index contributed by atoms with van der Waals surface area (Å²) in [5.41, 5.74) is 0. The molecule has 1 N–H and O–H groups in total. The van der Waals surface area contributed by atoms with Crippen LogP contribution in [-0.2, 0) is 9.47 Å². The Bertz CT molecular complexity index is 123. The Morgan fingerprint density at radius 3 is 3.10 bits per heavy atom. The standard InChI is InChI=1S/C7H12O3/c1-4-2-5(8)6-3-9-7(4)10-6/h4-8H,2-3H2,1H3/t4-,5+,6+,7-/m0/s1. The number of rotatable bonds is 0. The molecule has 0 radical (unpaired) electrons. The second-order valence-corrected chi connectivity index (χ2v) is 3.16. The zero-order valence-corrected chi connectivity index (χ0v) is 5.99. The topological polar surface area (TPSA) is 38.7 Å². The van der Waals surface area contributed by atoms with Crippen LogP contribution in [-0.4, -0.2) is 30.2 Å². The molecule has 3 heteroatoms. The molecular weight excluding hydrogens is 132 g/mol. The average Bonchev–Trinajstić information content (AvgIpc) is 2.28. The Kier molecular flexibility index (Phi) is 1.44. The van der Waals surface area contributed by atoms with E-state index in [2.05, 4.69) is 0 Å². The summed E-state index contributed by atoms with van der Waals surface area (Å²) in [6.45, 7) is 2.60. The van der Waals surface area contributed by atoms with Crippen LogP contribution in [0.1, 0.15) is 13.3 Å². The van der Waals surface area contributed by atoms with E-state index in [1.165, 1.54) is 0 Å². The van der Waals surface area contributed by atoms with Gasteiger partial charge < -0.3 is 14.6 Å². The van der Waals surface area contributed by atoms with E-state index in [0.29, 0.717) is 12.5 Å². The van der Waals surface area contributed by atoms with Crippen LogP contribution in [0.4, 0.5) is 0 Å². The van der Waals surface area contributed by atoms with Crippen LogP contribution in [0, 0.1) is 5.92 Å². The first-order valence-electron chi connectivity index (χ1n) is 3.72. The Labute approximate surface area is 59.9 Å². The van der Waals surface area contributed by atoms with Crippen LogP contribution in [0.5, 0.6) is 0 Å². The molecular formula is C7H12O3. The van der Waals surface area contributed by atoms with Crippen LogP contribution in [0.25, 0.3) is 0 Å². The van der Waals surface area contributed by atoms with Gasteiger partial charge in [-0.15, -0.1) is 0 Å². The molecule has 0 aromatic heterocycles. The van der Waals surface area contributed by atoms with Crippen LogP contribution < -0.4 is 0 Å². The maximum atomic E-state index is 9.36. The van der Waals surface area contributed by atoms with Gasteiger partial charge in [0.25, 0.3) is 0 Å². The highest BCUT2D eigenvalue weighted by Crippen LogP contribution is 2.31. The van der Waals surface area contributed by atoms with Crippen LogP contribution in [0.15, 0.2) is 0 Å². The van der Waals surface area contributed by atoms with Crippen molar-refractivity contribution in [1.29, 1.82) is 0 Å². The lowest BCUT2D eigenvalue weighted by Crippen LogP contribution is -2.37. The van der Waals surface area contributed by atoms with Crippen molar-refractivity contribution < 1.29 is 14.6 Å². The Balaban J connectivity index is 2.09. The summed E-state index contributed by atoms with van der Waals surface area (Å²) in [4.78, 5) is 0. The highest BCUT2D eigenvalue weighted by atomic mass is 16.7. The molecule has 2 fully saturated rings. The molecule has 3 nitrogen and oxygen atoms in total. The zero-order valence-electron chi connectivity index (χ0n) is 5.99. The lowest BCUT2D eigenvalue weighted by Gasteiger charge is -2.28. The third-order valence-electron chi connectivity index (χ3n) is 2.24. The molecule has 2 heterocycles. The van der Waals surface area contributed by atoms with Gasteiger partial charge in [0.2, 0.25) is 0 Å². The highest BCUT2D eigenvalue weighted by Gasteiger charge is 2.40. The quantitative estimate of drug-likeness (QED) is 0.525. The molecule has 0 aromatic carbocycles. The molecule has 0 saturated carbocycles. The summed E-state index contributed by atoms with van der Waals surface area (Å²) in [7, 11) is 0. The normalized spacial score (nSPS) is 53.4. The predicted octanol–water partition coefficient (Wildman–Crippen LogP) is 0.129. The van der Waals surface area contributed by atoms with E-state index in [0.717, 1.165) is 6.42 Å². The number of hydrogen-bond acceptors (Lipinski definition) is 3. The number of hydrogen-bond donors (Lipinski definition) is 1. The van der Waals surface area contributed by atoms with Gasteiger partial charge >= 0.3 is 0 Å². The number of fused-ring (bicyclic) bond motifs is 2. The molecule has 2 bridgehead atoms. The molecule has 4 atom stereocenters. The molecule has 2 saturated heterocycles. The van der Waals surface area contributed by atoms with E-state index in [9.17, 15) is 5.11 Å². The summed E-state index contributed by atoms with van der Waals surface area (Å²) in [5.74, 6) is 0.341. The van der Waals surface area contributed by atoms with E-state index in [4.69, 9.17) is 9.47 Å². The zero-order chi connectivity index (χ0) is 7.14. The fraction of sp³-hybridized carbons (Fsp3) is 1.00. The monoisotopic (exact) mass is 144 g/mol. The van der Waals surface area contributed by atoms with Crippen LogP contribution >= 0.6 is 0 Å². The molecule has 0 aliphatic carbocycles. The number of aliphatic hydroxyl groups excluding tert-OH is 1. The minimum absolute atomic E-state index is 0.0478. The fourth-order valence-electron chi connectivity index (χ4n) is 1.58. The van der Waals surface area contributed by atoms with Gasteiger partial charge in [0.05, 0.1) is 12.7 Å². The first kappa shape index (κ1) is 6.58. The average molecular weight is 144 g/mol. The SMILES string of the molecule is C[C@H]1C[C@@H](O)[C@H]2CO[C@H]1O2. The van der Waals surface area contributed by atoms with Crippen molar-refractivity contribution in [2.45, 2.75) is 31.8 Å². The maximum absolute atomic E-state index is 9.36. The van der Waals surface area contributed by atoms with Gasteiger partial charge in [-0.25, -0.2) is 0 Å². The predicted molar refractivity (Wildman–Crippen MR) is 34.4 cm³/mol. The van der Waals surface area contributed by atoms with Crippen LogP contribution in [0.2, 0.25) is 0 Å². The minimum atomic E-state index is -0.311. The molecule has 0 spiro atoms. The summed E-state index contributed by atoms with van der Waals surface area (Å²) >= 11 is 0. The minimum Gasteiger partial charge on any atom is -0.390 e. The van der Waals surface area contributed by atoms with Crippen molar-refractivity contribution in [3.05, 3.63) is 0 Å². The van der Waals surface area contributed by atoms with Gasteiger partial charge in [0.15, 0.2) is 6.29 Å². The van der Waals surface area contributed by atoms with Gasteiger partial charge in [-0.05, 0) is 6.42 Å². The van der Waals surface area contributed by atoms with Crippen LogP contribution in [0.3, 0.4) is 0 Å². The molecule has 58 valence electrons. The van der Waals surface area contributed by atoms with E-state index >= 15 is 0 Å². The second kappa shape index (κ2) is 2.19. The van der Waals surface area contributed by atoms with Gasteiger partial charge in [-0.3, -0.25) is 0 Å². The van der Waals surface area contributed by atoms with E-state index in [1.54, 1.807) is 0 Å². The van der Waals surface area contributed by atoms with E-state index in [1.807, 2.05) is 6.92 Å². The third-order valence-corrected chi connectivity index (χ3v) is 2.24. The molecule has 10 heavy (non-hydrogen) atoms. The molecule has 2 aliphatic rings. The molecule has 2 aliphatic heterocycles. The fourth-order valence-corrected chi connectivity index (χ4v) is 1.58. The summed E-state index contributed by atoms with van der Waals surface area (Å²) in [6, 6.07) is 0. The lowest BCUT2D eigenvalue weighted by atomic mass is 9.98. The lowest BCUT2D eigenvalue weighted by molar-refractivity contribution is -0.149. The summed E-state index contributed by atoms with van der Waals surface area (Å²) < 4.78 is 10.6. The third kappa shape index (κ3) is 0.856. The highest BCUT2D eigenvalue weighted by molar-refractivity contribution is 4.83. The van der Waals surface area contributed by atoms with E-state index < -0.39 is 0 Å². The first-order valence-corrected chi connectivity index (χ1v) is 3.72. The van der Waals surface area contributed by atoms with E-state index in [-0.39, 0.29) is 18.5 Å². The van der Waals surface area contributed by atoms with Crippen molar-refractivity contribution in [2.75, 3.05) is 6.61 Å². The van der Waals surface area contributed by atoms with Crippen molar-refractivity contribution >= 4 is 0 Å². The van der Waals surface area contributed by atoms with Crippen molar-refractivity contribution in [1.82, 2.24) is 0 Å².